The third kappa shape index (κ3) is 5.03. The Balaban J connectivity index is 2.30. The van der Waals surface area contributed by atoms with Gasteiger partial charge in [-0.15, -0.1) is 0 Å². The van der Waals surface area contributed by atoms with Crippen LogP contribution in [0.25, 0.3) is 0 Å². The minimum atomic E-state index is 0.300. The Hall–Kier alpha value is -1.11. The molecule has 0 atom stereocenters. The quantitative estimate of drug-likeness (QED) is 0.453. The Bertz CT molecular complexity index is 379. The summed E-state index contributed by atoms with van der Waals surface area (Å²) in [6.07, 6.45) is 8.12. The Kier molecular flexibility index (Phi) is 6.70. The zero-order valence-corrected chi connectivity index (χ0v) is 12.1. The smallest absolute Gasteiger partial charge is 0.162 e. The summed E-state index contributed by atoms with van der Waals surface area (Å²) >= 11 is 0. The Morgan fingerprint density at radius 2 is 1.61 bits per heavy atom. The van der Waals surface area contributed by atoms with Crippen molar-refractivity contribution in [2.24, 2.45) is 0 Å². The number of rotatable bonds is 8. The normalized spacial score (nSPS) is 10.6. The predicted octanol–water partition coefficient (Wildman–Crippen LogP) is 5.24. The maximum Gasteiger partial charge on any atom is 0.162 e. The summed E-state index contributed by atoms with van der Waals surface area (Å²) in [4.78, 5) is 12.0. The van der Waals surface area contributed by atoms with Gasteiger partial charge >= 0.3 is 0 Å². The minimum absolute atomic E-state index is 0.300. The fourth-order valence-electron chi connectivity index (χ4n) is 2.13. The van der Waals surface area contributed by atoms with E-state index in [9.17, 15) is 4.79 Å². The van der Waals surface area contributed by atoms with Crippen molar-refractivity contribution in [3.63, 3.8) is 0 Å². The molecule has 0 unspecified atom stereocenters. The standard InChI is InChI=1S/C17H26O/c1-4-5-6-7-8-9-10-17(18)16-12-11-14(2)15(3)13-16/h11-13H,4-10H2,1-3H3. The van der Waals surface area contributed by atoms with Crippen molar-refractivity contribution in [2.45, 2.75) is 65.7 Å². The van der Waals surface area contributed by atoms with Gasteiger partial charge in [0, 0.05) is 12.0 Å². The summed E-state index contributed by atoms with van der Waals surface area (Å²) in [5, 5.41) is 0. The number of carbonyl (C=O) groups is 1. The minimum Gasteiger partial charge on any atom is -0.294 e. The fraction of sp³-hybridized carbons (Fsp3) is 0.588. The lowest BCUT2D eigenvalue weighted by molar-refractivity contribution is 0.0979. The molecule has 0 aliphatic heterocycles. The largest absolute Gasteiger partial charge is 0.294 e. The molecule has 1 heteroatoms. The molecule has 1 nitrogen and oxygen atoms in total. The highest BCUT2D eigenvalue weighted by Gasteiger charge is 2.06. The van der Waals surface area contributed by atoms with Gasteiger partial charge in [0.2, 0.25) is 0 Å². The summed E-state index contributed by atoms with van der Waals surface area (Å²) in [7, 11) is 0. The number of aryl methyl sites for hydroxylation is 2. The number of carbonyl (C=O) groups excluding carboxylic acids is 1. The maximum atomic E-state index is 12.0. The Labute approximate surface area is 112 Å². The van der Waals surface area contributed by atoms with Crippen molar-refractivity contribution in [3.8, 4) is 0 Å². The van der Waals surface area contributed by atoms with Crippen molar-refractivity contribution < 1.29 is 4.79 Å². The van der Waals surface area contributed by atoms with Gasteiger partial charge in [0.15, 0.2) is 5.78 Å². The monoisotopic (exact) mass is 246 g/mol. The van der Waals surface area contributed by atoms with E-state index in [1.165, 1.54) is 43.2 Å². The van der Waals surface area contributed by atoms with Crippen molar-refractivity contribution in [3.05, 3.63) is 34.9 Å². The molecule has 0 fully saturated rings. The molecule has 0 N–H and O–H groups in total. The van der Waals surface area contributed by atoms with E-state index in [0.717, 1.165) is 12.0 Å². The summed E-state index contributed by atoms with van der Waals surface area (Å²) in [6.45, 7) is 6.37. The van der Waals surface area contributed by atoms with Crippen LogP contribution in [0.2, 0.25) is 0 Å². The summed E-state index contributed by atoms with van der Waals surface area (Å²) < 4.78 is 0. The summed E-state index contributed by atoms with van der Waals surface area (Å²) in [5.41, 5.74) is 3.35. The Morgan fingerprint density at radius 1 is 0.944 bits per heavy atom. The highest BCUT2D eigenvalue weighted by molar-refractivity contribution is 5.96. The van der Waals surface area contributed by atoms with Crippen LogP contribution in [0.15, 0.2) is 18.2 Å². The molecule has 0 radical (unpaired) electrons. The molecule has 0 aromatic heterocycles. The van der Waals surface area contributed by atoms with E-state index < -0.39 is 0 Å². The van der Waals surface area contributed by atoms with Crippen LogP contribution in [0, 0.1) is 13.8 Å². The average molecular weight is 246 g/mol. The third-order valence-corrected chi connectivity index (χ3v) is 3.59. The highest BCUT2D eigenvalue weighted by Crippen LogP contribution is 2.14. The molecule has 1 aromatic carbocycles. The molecular weight excluding hydrogens is 220 g/mol. The van der Waals surface area contributed by atoms with Crippen LogP contribution in [0.3, 0.4) is 0 Å². The van der Waals surface area contributed by atoms with E-state index in [-0.39, 0.29) is 0 Å². The number of hydrogen-bond acceptors (Lipinski definition) is 1. The molecule has 0 amide bonds. The van der Waals surface area contributed by atoms with Gasteiger partial charge < -0.3 is 0 Å². The molecule has 0 aliphatic carbocycles. The molecular formula is C17H26O. The van der Waals surface area contributed by atoms with E-state index in [4.69, 9.17) is 0 Å². The van der Waals surface area contributed by atoms with Gasteiger partial charge in [-0.1, -0.05) is 51.2 Å². The molecule has 18 heavy (non-hydrogen) atoms. The molecule has 100 valence electrons. The first kappa shape index (κ1) is 14.9. The van der Waals surface area contributed by atoms with Crippen LogP contribution in [0.4, 0.5) is 0 Å². The highest BCUT2D eigenvalue weighted by atomic mass is 16.1. The van der Waals surface area contributed by atoms with Gasteiger partial charge in [0.25, 0.3) is 0 Å². The maximum absolute atomic E-state index is 12.0. The van der Waals surface area contributed by atoms with Crippen molar-refractivity contribution in [1.29, 1.82) is 0 Å². The van der Waals surface area contributed by atoms with Crippen LogP contribution < -0.4 is 0 Å². The number of benzene rings is 1. The second kappa shape index (κ2) is 8.07. The van der Waals surface area contributed by atoms with Gasteiger partial charge in [0.1, 0.15) is 0 Å². The van der Waals surface area contributed by atoms with E-state index in [0.29, 0.717) is 12.2 Å². The zero-order valence-electron chi connectivity index (χ0n) is 12.1. The second-order valence-corrected chi connectivity index (χ2v) is 5.24. The fourth-order valence-corrected chi connectivity index (χ4v) is 2.13. The van der Waals surface area contributed by atoms with Gasteiger partial charge in [-0.3, -0.25) is 4.79 Å². The van der Waals surface area contributed by atoms with Crippen LogP contribution in [0.1, 0.15) is 73.4 Å². The summed E-state index contributed by atoms with van der Waals surface area (Å²) in [5.74, 6) is 0.300. The number of unbranched alkanes of at least 4 members (excludes halogenated alkanes) is 5. The van der Waals surface area contributed by atoms with Crippen LogP contribution in [0.5, 0.6) is 0 Å². The van der Waals surface area contributed by atoms with Gasteiger partial charge in [-0.2, -0.15) is 0 Å². The number of hydrogen-bond donors (Lipinski definition) is 0. The first-order valence-electron chi connectivity index (χ1n) is 7.25. The van der Waals surface area contributed by atoms with E-state index in [1.54, 1.807) is 0 Å². The molecule has 1 aromatic rings. The van der Waals surface area contributed by atoms with Crippen LogP contribution in [-0.4, -0.2) is 5.78 Å². The lowest BCUT2D eigenvalue weighted by Crippen LogP contribution is -2.00. The number of ketones is 1. The molecule has 0 saturated heterocycles. The van der Waals surface area contributed by atoms with E-state index in [1.807, 2.05) is 18.2 Å². The molecule has 0 bridgehead atoms. The first-order chi connectivity index (χ1) is 8.65. The van der Waals surface area contributed by atoms with Crippen molar-refractivity contribution >= 4 is 5.78 Å². The van der Waals surface area contributed by atoms with Gasteiger partial charge in [0.05, 0.1) is 0 Å². The van der Waals surface area contributed by atoms with Crippen LogP contribution in [-0.2, 0) is 0 Å². The van der Waals surface area contributed by atoms with Gasteiger partial charge in [-0.25, -0.2) is 0 Å². The first-order valence-corrected chi connectivity index (χ1v) is 7.25. The van der Waals surface area contributed by atoms with Gasteiger partial charge in [-0.05, 0) is 37.5 Å². The number of Topliss-reactive ketones (excluding diaryl/α,β-unsaturated/α-hetero) is 1. The zero-order chi connectivity index (χ0) is 13.4. The lowest BCUT2D eigenvalue weighted by atomic mass is 10.00. The molecule has 0 aliphatic rings. The molecule has 0 spiro atoms. The molecule has 0 saturated carbocycles. The van der Waals surface area contributed by atoms with Crippen molar-refractivity contribution in [2.75, 3.05) is 0 Å². The van der Waals surface area contributed by atoms with E-state index >= 15 is 0 Å². The third-order valence-electron chi connectivity index (χ3n) is 3.59. The predicted molar refractivity (Wildman–Crippen MR) is 78.2 cm³/mol. The molecule has 1 rings (SSSR count). The van der Waals surface area contributed by atoms with Crippen molar-refractivity contribution in [1.82, 2.24) is 0 Å². The van der Waals surface area contributed by atoms with E-state index in [2.05, 4.69) is 20.8 Å². The molecule has 0 heterocycles. The summed E-state index contributed by atoms with van der Waals surface area (Å²) in [6, 6.07) is 6.03. The SMILES string of the molecule is CCCCCCCCC(=O)c1ccc(C)c(C)c1. The lowest BCUT2D eigenvalue weighted by Gasteiger charge is -2.05. The second-order valence-electron chi connectivity index (χ2n) is 5.24. The Morgan fingerprint density at radius 3 is 2.28 bits per heavy atom. The average Bonchev–Trinajstić information content (AvgIpc) is 2.36. The topological polar surface area (TPSA) is 17.1 Å². The van der Waals surface area contributed by atoms with Crippen LogP contribution >= 0.6 is 0 Å².